The SMILES string of the molecule is COCC(=O)Cn1nc(C)c(C(C)C)c1C. The number of nitrogens with zero attached hydrogens (tertiary/aromatic N) is 2. The standard InChI is InChI=1S/C12H20N2O2/c1-8(2)12-9(3)13-14(10(12)4)6-11(15)7-16-5/h8H,6-7H2,1-5H3. The summed E-state index contributed by atoms with van der Waals surface area (Å²) in [6.07, 6.45) is 0. The molecule has 0 spiro atoms. The van der Waals surface area contributed by atoms with Crippen LogP contribution in [0.2, 0.25) is 0 Å². The van der Waals surface area contributed by atoms with Crippen LogP contribution in [0.1, 0.15) is 36.7 Å². The number of ether oxygens (including phenoxy) is 1. The minimum atomic E-state index is 0.0448. The minimum Gasteiger partial charge on any atom is -0.377 e. The topological polar surface area (TPSA) is 44.1 Å². The highest BCUT2D eigenvalue weighted by molar-refractivity contribution is 5.79. The predicted molar refractivity (Wildman–Crippen MR) is 62.7 cm³/mol. The van der Waals surface area contributed by atoms with Gasteiger partial charge in [-0.05, 0) is 25.3 Å². The van der Waals surface area contributed by atoms with Gasteiger partial charge in [0.05, 0.1) is 5.69 Å². The molecule has 4 heteroatoms. The Hall–Kier alpha value is -1.16. The van der Waals surface area contributed by atoms with Gasteiger partial charge in [0.25, 0.3) is 0 Å². The molecule has 90 valence electrons. The van der Waals surface area contributed by atoms with E-state index in [1.54, 1.807) is 4.68 Å². The van der Waals surface area contributed by atoms with Crippen LogP contribution < -0.4 is 0 Å². The molecule has 0 aliphatic rings. The number of hydrogen-bond donors (Lipinski definition) is 0. The lowest BCUT2D eigenvalue weighted by Gasteiger charge is -2.06. The van der Waals surface area contributed by atoms with Crippen LogP contribution in [-0.4, -0.2) is 29.3 Å². The lowest BCUT2D eigenvalue weighted by atomic mass is 10.0. The molecular formula is C12H20N2O2. The van der Waals surface area contributed by atoms with Crippen LogP contribution in [0.15, 0.2) is 0 Å². The van der Waals surface area contributed by atoms with Gasteiger partial charge in [-0.25, -0.2) is 0 Å². The summed E-state index contributed by atoms with van der Waals surface area (Å²) in [7, 11) is 1.53. The normalized spacial score (nSPS) is 11.1. The number of Topliss-reactive ketones (excluding diaryl/α,β-unsaturated/α-hetero) is 1. The number of methoxy groups -OCH3 is 1. The van der Waals surface area contributed by atoms with E-state index in [0.29, 0.717) is 12.5 Å². The molecule has 0 radical (unpaired) electrons. The zero-order valence-corrected chi connectivity index (χ0v) is 10.7. The van der Waals surface area contributed by atoms with Gasteiger partial charge in [0.15, 0.2) is 5.78 Å². The molecule has 1 aromatic heterocycles. The summed E-state index contributed by atoms with van der Waals surface area (Å²) < 4.78 is 6.58. The average molecular weight is 224 g/mol. The van der Waals surface area contributed by atoms with Gasteiger partial charge < -0.3 is 4.74 Å². The van der Waals surface area contributed by atoms with Crippen LogP contribution in [0, 0.1) is 13.8 Å². The summed E-state index contributed by atoms with van der Waals surface area (Å²) in [6.45, 7) is 8.72. The minimum absolute atomic E-state index is 0.0448. The monoisotopic (exact) mass is 224 g/mol. The summed E-state index contributed by atoms with van der Waals surface area (Å²) in [6, 6.07) is 0. The van der Waals surface area contributed by atoms with Gasteiger partial charge in [-0.15, -0.1) is 0 Å². The highest BCUT2D eigenvalue weighted by Crippen LogP contribution is 2.22. The molecule has 0 saturated heterocycles. The van der Waals surface area contributed by atoms with Crippen LogP contribution in [0.25, 0.3) is 0 Å². The first-order valence-corrected chi connectivity index (χ1v) is 5.51. The third kappa shape index (κ3) is 2.70. The Morgan fingerprint density at radius 1 is 1.44 bits per heavy atom. The molecule has 0 atom stereocenters. The zero-order chi connectivity index (χ0) is 12.3. The van der Waals surface area contributed by atoms with Gasteiger partial charge in [-0.2, -0.15) is 5.10 Å². The Balaban J connectivity index is 2.90. The van der Waals surface area contributed by atoms with Gasteiger partial charge in [0.2, 0.25) is 0 Å². The first-order chi connectivity index (χ1) is 7.47. The number of carbonyl (C=O) groups is 1. The van der Waals surface area contributed by atoms with Crippen molar-refractivity contribution in [1.29, 1.82) is 0 Å². The first-order valence-electron chi connectivity index (χ1n) is 5.51. The Morgan fingerprint density at radius 3 is 2.50 bits per heavy atom. The maximum atomic E-state index is 11.5. The summed E-state index contributed by atoms with van der Waals surface area (Å²) in [5.41, 5.74) is 3.33. The van der Waals surface area contributed by atoms with Crippen molar-refractivity contribution in [2.75, 3.05) is 13.7 Å². The van der Waals surface area contributed by atoms with E-state index >= 15 is 0 Å². The molecule has 1 aromatic rings. The second kappa shape index (κ2) is 5.25. The van der Waals surface area contributed by atoms with E-state index in [1.165, 1.54) is 12.7 Å². The van der Waals surface area contributed by atoms with E-state index in [1.807, 2.05) is 13.8 Å². The van der Waals surface area contributed by atoms with Gasteiger partial charge in [0, 0.05) is 12.8 Å². The van der Waals surface area contributed by atoms with Crippen LogP contribution in [0.5, 0.6) is 0 Å². The van der Waals surface area contributed by atoms with E-state index in [0.717, 1.165) is 11.4 Å². The van der Waals surface area contributed by atoms with Crippen LogP contribution >= 0.6 is 0 Å². The molecule has 1 heterocycles. The number of rotatable bonds is 5. The quantitative estimate of drug-likeness (QED) is 0.766. The summed E-state index contributed by atoms with van der Waals surface area (Å²) in [5, 5.41) is 4.39. The second-order valence-electron chi connectivity index (χ2n) is 4.37. The van der Waals surface area contributed by atoms with Gasteiger partial charge in [0.1, 0.15) is 13.2 Å². The molecule has 0 aromatic carbocycles. The van der Waals surface area contributed by atoms with Crippen molar-refractivity contribution in [3.8, 4) is 0 Å². The molecule has 0 bridgehead atoms. The molecule has 16 heavy (non-hydrogen) atoms. The van der Waals surface area contributed by atoms with Crippen molar-refractivity contribution in [1.82, 2.24) is 9.78 Å². The molecule has 0 N–H and O–H groups in total. The Morgan fingerprint density at radius 2 is 2.06 bits per heavy atom. The Bertz CT molecular complexity index is 381. The second-order valence-corrected chi connectivity index (χ2v) is 4.37. The smallest absolute Gasteiger partial charge is 0.179 e. The van der Waals surface area contributed by atoms with E-state index in [-0.39, 0.29) is 12.4 Å². The fourth-order valence-electron chi connectivity index (χ4n) is 2.07. The number of ketones is 1. The molecule has 1 rings (SSSR count). The lowest BCUT2D eigenvalue weighted by molar-refractivity contribution is -0.123. The van der Waals surface area contributed by atoms with Gasteiger partial charge in [-0.1, -0.05) is 13.8 Å². The predicted octanol–water partition coefficient (Wildman–Crippen LogP) is 1.84. The van der Waals surface area contributed by atoms with Gasteiger partial charge in [-0.3, -0.25) is 9.48 Å². The maximum absolute atomic E-state index is 11.5. The van der Waals surface area contributed by atoms with Gasteiger partial charge >= 0.3 is 0 Å². The van der Waals surface area contributed by atoms with Crippen molar-refractivity contribution in [2.45, 2.75) is 40.2 Å². The Labute approximate surface area is 96.6 Å². The highest BCUT2D eigenvalue weighted by atomic mass is 16.5. The van der Waals surface area contributed by atoms with Crippen LogP contribution in [0.3, 0.4) is 0 Å². The number of aryl methyl sites for hydroxylation is 1. The first kappa shape index (κ1) is 12.9. The van der Waals surface area contributed by atoms with Crippen LogP contribution in [-0.2, 0) is 16.1 Å². The molecular weight excluding hydrogens is 204 g/mol. The summed E-state index contributed by atoms with van der Waals surface area (Å²) in [5.74, 6) is 0.481. The van der Waals surface area contributed by atoms with Crippen molar-refractivity contribution in [3.63, 3.8) is 0 Å². The Kier molecular flexibility index (Phi) is 4.24. The third-order valence-electron chi connectivity index (χ3n) is 2.65. The number of carbonyl (C=O) groups excluding carboxylic acids is 1. The molecule has 4 nitrogen and oxygen atoms in total. The van der Waals surface area contributed by atoms with E-state index in [4.69, 9.17) is 4.74 Å². The maximum Gasteiger partial charge on any atom is 0.179 e. The number of hydrogen-bond acceptors (Lipinski definition) is 3. The van der Waals surface area contributed by atoms with E-state index in [9.17, 15) is 4.79 Å². The number of aromatic nitrogens is 2. The molecule has 0 aliphatic heterocycles. The fraction of sp³-hybridized carbons (Fsp3) is 0.667. The average Bonchev–Trinajstić information content (AvgIpc) is 2.42. The van der Waals surface area contributed by atoms with E-state index in [2.05, 4.69) is 18.9 Å². The molecule has 0 unspecified atom stereocenters. The highest BCUT2D eigenvalue weighted by Gasteiger charge is 2.15. The summed E-state index contributed by atoms with van der Waals surface area (Å²) in [4.78, 5) is 11.5. The molecule has 0 aliphatic carbocycles. The molecule has 0 fully saturated rings. The van der Waals surface area contributed by atoms with Crippen molar-refractivity contribution < 1.29 is 9.53 Å². The van der Waals surface area contributed by atoms with E-state index < -0.39 is 0 Å². The zero-order valence-electron chi connectivity index (χ0n) is 10.7. The molecule has 0 saturated carbocycles. The van der Waals surface area contributed by atoms with Crippen LogP contribution in [0.4, 0.5) is 0 Å². The third-order valence-corrected chi connectivity index (χ3v) is 2.65. The molecule has 0 amide bonds. The fourth-order valence-corrected chi connectivity index (χ4v) is 2.07. The summed E-state index contributed by atoms with van der Waals surface area (Å²) >= 11 is 0. The van der Waals surface area contributed by atoms with Crippen molar-refractivity contribution in [3.05, 3.63) is 17.0 Å². The van der Waals surface area contributed by atoms with Crippen molar-refractivity contribution >= 4 is 5.78 Å². The lowest BCUT2D eigenvalue weighted by Crippen LogP contribution is -2.17. The van der Waals surface area contributed by atoms with Crippen molar-refractivity contribution in [2.24, 2.45) is 0 Å². The largest absolute Gasteiger partial charge is 0.377 e.